The predicted molar refractivity (Wildman–Crippen MR) is 71.1 cm³/mol. The van der Waals surface area contributed by atoms with Gasteiger partial charge < -0.3 is 19.7 Å². The van der Waals surface area contributed by atoms with Crippen LogP contribution in [-0.2, 0) is 11.3 Å². The summed E-state index contributed by atoms with van der Waals surface area (Å²) in [7, 11) is -1.51. The van der Waals surface area contributed by atoms with E-state index in [4.69, 9.17) is 14.8 Å². The SMILES string of the molecule is O=C(OCc1ccccc1)N1CCC=C(B(O)O)C1. The van der Waals surface area contributed by atoms with Crippen molar-refractivity contribution < 1.29 is 19.6 Å². The second-order valence-corrected chi connectivity index (χ2v) is 4.40. The molecule has 1 aromatic rings. The average Bonchev–Trinajstić information content (AvgIpc) is 2.46. The molecular weight excluding hydrogens is 245 g/mol. The summed E-state index contributed by atoms with van der Waals surface area (Å²) in [5.74, 6) is 0. The van der Waals surface area contributed by atoms with Crippen LogP contribution in [0.25, 0.3) is 0 Å². The highest BCUT2D eigenvalue weighted by Gasteiger charge is 2.25. The Morgan fingerprint density at radius 1 is 1.32 bits per heavy atom. The molecule has 0 radical (unpaired) electrons. The van der Waals surface area contributed by atoms with Crippen LogP contribution in [0.1, 0.15) is 12.0 Å². The Bertz CT molecular complexity index is 461. The fraction of sp³-hybridized carbons (Fsp3) is 0.308. The molecule has 2 rings (SSSR count). The third kappa shape index (κ3) is 3.84. The monoisotopic (exact) mass is 261 g/mol. The van der Waals surface area contributed by atoms with E-state index in [1.54, 1.807) is 6.08 Å². The van der Waals surface area contributed by atoms with Crippen LogP contribution >= 0.6 is 0 Å². The molecule has 100 valence electrons. The lowest BCUT2D eigenvalue weighted by atomic mass is 9.77. The van der Waals surface area contributed by atoms with Crippen molar-refractivity contribution in [3.8, 4) is 0 Å². The largest absolute Gasteiger partial charge is 0.485 e. The van der Waals surface area contributed by atoms with E-state index in [0.717, 1.165) is 5.56 Å². The maximum absolute atomic E-state index is 11.9. The van der Waals surface area contributed by atoms with Crippen LogP contribution in [0.15, 0.2) is 41.9 Å². The highest BCUT2D eigenvalue weighted by molar-refractivity contribution is 6.50. The van der Waals surface area contributed by atoms with Crippen molar-refractivity contribution in [3.63, 3.8) is 0 Å². The summed E-state index contributed by atoms with van der Waals surface area (Å²) in [6.07, 6.45) is 1.91. The molecule has 0 saturated carbocycles. The Hall–Kier alpha value is -1.79. The lowest BCUT2D eigenvalue weighted by molar-refractivity contribution is 0.0986. The van der Waals surface area contributed by atoms with E-state index >= 15 is 0 Å². The van der Waals surface area contributed by atoms with Crippen molar-refractivity contribution in [1.29, 1.82) is 0 Å². The van der Waals surface area contributed by atoms with Crippen LogP contribution < -0.4 is 0 Å². The van der Waals surface area contributed by atoms with Crippen molar-refractivity contribution >= 4 is 13.2 Å². The second-order valence-electron chi connectivity index (χ2n) is 4.40. The van der Waals surface area contributed by atoms with Crippen molar-refractivity contribution in [3.05, 3.63) is 47.4 Å². The van der Waals surface area contributed by atoms with E-state index in [2.05, 4.69) is 0 Å². The minimum Gasteiger partial charge on any atom is -0.445 e. The maximum Gasteiger partial charge on any atom is 0.485 e. The van der Waals surface area contributed by atoms with Crippen molar-refractivity contribution in [1.82, 2.24) is 4.90 Å². The molecule has 1 aliphatic heterocycles. The molecule has 0 saturated heterocycles. The third-order valence-electron chi connectivity index (χ3n) is 2.97. The summed E-state index contributed by atoms with van der Waals surface area (Å²) >= 11 is 0. The van der Waals surface area contributed by atoms with Gasteiger partial charge in [0.2, 0.25) is 0 Å². The molecule has 1 amide bonds. The van der Waals surface area contributed by atoms with Gasteiger partial charge in [-0.05, 0) is 17.5 Å². The zero-order valence-electron chi connectivity index (χ0n) is 10.5. The Balaban J connectivity index is 1.86. The van der Waals surface area contributed by atoms with Crippen LogP contribution in [0.2, 0.25) is 0 Å². The van der Waals surface area contributed by atoms with Crippen molar-refractivity contribution in [2.45, 2.75) is 13.0 Å². The van der Waals surface area contributed by atoms with E-state index in [0.29, 0.717) is 18.4 Å². The average molecular weight is 261 g/mol. The minimum absolute atomic E-state index is 0.200. The standard InChI is InChI=1S/C13H16BNO4/c16-13(19-10-11-5-2-1-3-6-11)15-8-4-7-12(9-15)14(17)18/h1-3,5-7,17-18H,4,8-10H2. The van der Waals surface area contributed by atoms with Gasteiger partial charge in [0.1, 0.15) is 6.61 Å². The van der Waals surface area contributed by atoms with Gasteiger partial charge in [0.05, 0.1) is 0 Å². The number of ether oxygens (including phenoxy) is 1. The lowest BCUT2D eigenvalue weighted by Gasteiger charge is -2.26. The number of hydrogen-bond acceptors (Lipinski definition) is 4. The molecule has 0 aliphatic carbocycles. The minimum atomic E-state index is -1.51. The van der Waals surface area contributed by atoms with Gasteiger partial charge in [0, 0.05) is 13.1 Å². The molecule has 0 bridgehead atoms. The Morgan fingerprint density at radius 2 is 2.05 bits per heavy atom. The van der Waals surface area contributed by atoms with Gasteiger partial charge in [-0.15, -0.1) is 0 Å². The third-order valence-corrected chi connectivity index (χ3v) is 2.97. The molecule has 0 aromatic heterocycles. The quantitative estimate of drug-likeness (QED) is 0.795. The molecule has 0 unspecified atom stereocenters. The smallest absolute Gasteiger partial charge is 0.445 e. The van der Waals surface area contributed by atoms with Gasteiger partial charge in [-0.2, -0.15) is 0 Å². The number of nitrogens with zero attached hydrogens (tertiary/aromatic N) is 1. The summed E-state index contributed by atoms with van der Waals surface area (Å²) in [5.41, 5.74) is 1.36. The summed E-state index contributed by atoms with van der Waals surface area (Å²) in [4.78, 5) is 13.3. The fourth-order valence-electron chi connectivity index (χ4n) is 1.92. The first kappa shape index (κ1) is 13.6. The number of rotatable bonds is 3. The lowest BCUT2D eigenvalue weighted by Crippen LogP contribution is -2.39. The van der Waals surface area contributed by atoms with E-state index in [1.807, 2.05) is 30.3 Å². The molecule has 1 heterocycles. The van der Waals surface area contributed by atoms with Crippen LogP contribution in [0, 0.1) is 0 Å². The van der Waals surface area contributed by atoms with Gasteiger partial charge in [-0.25, -0.2) is 4.79 Å². The van der Waals surface area contributed by atoms with Crippen molar-refractivity contribution in [2.24, 2.45) is 0 Å². The summed E-state index contributed by atoms with van der Waals surface area (Å²) in [6.45, 7) is 0.950. The van der Waals surface area contributed by atoms with Gasteiger partial charge in [-0.3, -0.25) is 0 Å². The number of hydrogen-bond donors (Lipinski definition) is 2. The summed E-state index contributed by atoms with van der Waals surface area (Å²) in [5, 5.41) is 18.2. The predicted octanol–water partition coefficient (Wildman–Crippen LogP) is 0.967. The number of carbonyl (C=O) groups excluding carboxylic acids is 1. The molecule has 0 atom stereocenters. The van der Waals surface area contributed by atoms with E-state index in [9.17, 15) is 4.79 Å². The van der Waals surface area contributed by atoms with Gasteiger partial charge in [-0.1, -0.05) is 36.4 Å². The molecule has 5 nitrogen and oxygen atoms in total. The highest BCUT2D eigenvalue weighted by Crippen LogP contribution is 2.12. The van der Waals surface area contributed by atoms with E-state index < -0.39 is 13.2 Å². The molecule has 1 aromatic carbocycles. The topological polar surface area (TPSA) is 70.0 Å². The van der Waals surface area contributed by atoms with Crippen LogP contribution in [-0.4, -0.2) is 41.2 Å². The Kier molecular flexibility index (Phi) is 4.60. The molecule has 0 spiro atoms. The molecular formula is C13H16BNO4. The zero-order valence-corrected chi connectivity index (χ0v) is 10.5. The van der Waals surface area contributed by atoms with Gasteiger partial charge in [0.25, 0.3) is 0 Å². The van der Waals surface area contributed by atoms with Gasteiger partial charge >= 0.3 is 13.2 Å². The highest BCUT2D eigenvalue weighted by atomic mass is 16.6. The summed E-state index contributed by atoms with van der Waals surface area (Å²) < 4.78 is 5.19. The van der Waals surface area contributed by atoms with Crippen LogP contribution in [0.5, 0.6) is 0 Å². The van der Waals surface area contributed by atoms with E-state index in [1.165, 1.54) is 4.90 Å². The molecule has 6 heteroatoms. The first-order chi connectivity index (χ1) is 9.16. The molecule has 2 N–H and O–H groups in total. The molecule has 1 aliphatic rings. The number of carbonyl (C=O) groups is 1. The molecule has 19 heavy (non-hydrogen) atoms. The fourth-order valence-corrected chi connectivity index (χ4v) is 1.92. The first-order valence-corrected chi connectivity index (χ1v) is 6.17. The normalized spacial score (nSPS) is 14.8. The van der Waals surface area contributed by atoms with Crippen LogP contribution in [0.4, 0.5) is 4.79 Å². The number of benzene rings is 1. The Labute approximate surface area is 112 Å². The zero-order chi connectivity index (χ0) is 13.7. The van der Waals surface area contributed by atoms with Crippen molar-refractivity contribution in [2.75, 3.05) is 13.1 Å². The second kappa shape index (κ2) is 6.40. The maximum atomic E-state index is 11.9. The van der Waals surface area contributed by atoms with Crippen LogP contribution in [0.3, 0.4) is 0 Å². The number of amides is 1. The summed E-state index contributed by atoms with van der Waals surface area (Å²) in [6, 6.07) is 9.42. The van der Waals surface area contributed by atoms with E-state index in [-0.39, 0.29) is 13.2 Å². The molecule has 0 fully saturated rings. The first-order valence-electron chi connectivity index (χ1n) is 6.17. The Morgan fingerprint density at radius 3 is 2.74 bits per heavy atom. The van der Waals surface area contributed by atoms with Gasteiger partial charge in [0.15, 0.2) is 0 Å².